The summed E-state index contributed by atoms with van der Waals surface area (Å²) in [6, 6.07) is 0. The summed E-state index contributed by atoms with van der Waals surface area (Å²) in [5.41, 5.74) is -0.0216. The Balaban J connectivity index is 2.86. The van der Waals surface area contributed by atoms with Crippen LogP contribution in [0, 0.1) is 0 Å². The van der Waals surface area contributed by atoms with Gasteiger partial charge in [0.2, 0.25) is 0 Å². The zero-order valence-corrected chi connectivity index (χ0v) is 7.37. The van der Waals surface area contributed by atoms with E-state index >= 15 is 0 Å². The Morgan fingerprint density at radius 2 is 2.64 bits per heavy atom. The highest BCUT2D eigenvalue weighted by Gasteiger charge is 2.40. The molecule has 1 aliphatic heterocycles. The van der Waals surface area contributed by atoms with Crippen LogP contribution in [0.15, 0.2) is 4.40 Å². The van der Waals surface area contributed by atoms with Gasteiger partial charge in [-0.1, -0.05) is 18.5 Å². The van der Waals surface area contributed by atoms with Crippen LogP contribution < -0.4 is 4.72 Å². The zero-order valence-electron chi connectivity index (χ0n) is 5.80. The molecule has 62 valence electrons. The molecule has 0 amide bonds. The normalized spacial score (nSPS) is 30.2. The van der Waals surface area contributed by atoms with Gasteiger partial charge in [0.1, 0.15) is 0 Å². The Labute approximate surface area is 73.3 Å². The van der Waals surface area contributed by atoms with E-state index in [-0.39, 0.29) is 5.71 Å². The van der Waals surface area contributed by atoms with E-state index in [2.05, 4.69) is 9.12 Å². The standard InChI is InChI=1S/C5H7ClN2O2S/c1-2-5(6)3(4(9)10)7-11-8-5/h8H,2H2,1H3,(H,9,10). The van der Waals surface area contributed by atoms with Crippen molar-refractivity contribution in [1.82, 2.24) is 4.72 Å². The summed E-state index contributed by atoms with van der Waals surface area (Å²) in [6.07, 6.45) is 0.493. The number of aliphatic carboxylic acids is 1. The van der Waals surface area contributed by atoms with Crippen LogP contribution in [0.2, 0.25) is 0 Å². The molecular weight excluding hydrogens is 188 g/mol. The predicted octanol–water partition coefficient (Wildman–Crippen LogP) is 1.02. The molecule has 0 aromatic rings. The molecule has 1 heterocycles. The second-order valence-electron chi connectivity index (χ2n) is 2.09. The second kappa shape index (κ2) is 3.00. The van der Waals surface area contributed by atoms with E-state index in [1.54, 1.807) is 6.92 Å². The number of carbonyl (C=O) groups is 1. The fraction of sp³-hybridized carbons (Fsp3) is 0.600. The van der Waals surface area contributed by atoms with E-state index in [1.165, 1.54) is 0 Å². The van der Waals surface area contributed by atoms with E-state index in [9.17, 15) is 4.79 Å². The average Bonchev–Trinajstić information content (AvgIpc) is 2.32. The van der Waals surface area contributed by atoms with Crippen LogP contribution >= 0.6 is 23.7 Å². The Morgan fingerprint density at radius 1 is 2.00 bits per heavy atom. The first-order valence-electron chi connectivity index (χ1n) is 3.04. The minimum absolute atomic E-state index is 0.0216. The third-order valence-electron chi connectivity index (χ3n) is 1.41. The van der Waals surface area contributed by atoms with Crippen molar-refractivity contribution >= 4 is 35.4 Å². The molecular formula is C5H7ClN2O2S. The summed E-state index contributed by atoms with van der Waals surface area (Å²) < 4.78 is 6.36. The van der Waals surface area contributed by atoms with Crippen LogP contribution in [0.5, 0.6) is 0 Å². The van der Waals surface area contributed by atoms with E-state index < -0.39 is 11.0 Å². The van der Waals surface area contributed by atoms with Crippen molar-refractivity contribution in [1.29, 1.82) is 0 Å². The lowest BCUT2D eigenvalue weighted by molar-refractivity contribution is -0.129. The Kier molecular flexibility index (Phi) is 2.41. The minimum Gasteiger partial charge on any atom is -0.477 e. The number of alkyl halides is 1. The molecule has 1 aliphatic rings. The first kappa shape index (κ1) is 8.83. The van der Waals surface area contributed by atoms with Gasteiger partial charge < -0.3 is 5.11 Å². The lowest BCUT2D eigenvalue weighted by atomic mass is 10.1. The molecule has 0 aromatic heterocycles. The summed E-state index contributed by atoms with van der Waals surface area (Å²) in [6.45, 7) is 1.80. The van der Waals surface area contributed by atoms with Crippen molar-refractivity contribution in [2.45, 2.75) is 18.3 Å². The van der Waals surface area contributed by atoms with Crippen molar-refractivity contribution in [2.75, 3.05) is 0 Å². The molecule has 1 atom stereocenters. The summed E-state index contributed by atoms with van der Waals surface area (Å²) in [5, 5.41) is 8.61. The van der Waals surface area contributed by atoms with E-state index in [0.29, 0.717) is 6.42 Å². The van der Waals surface area contributed by atoms with Crippen LogP contribution in [0.3, 0.4) is 0 Å². The molecule has 6 heteroatoms. The lowest BCUT2D eigenvalue weighted by Gasteiger charge is -2.17. The number of hydrogen-bond acceptors (Lipinski definition) is 4. The largest absolute Gasteiger partial charge is 0.477 e. The van der Waals surface area contributed by atoms with Crippen LogP contribution in [0.4, 0.5) is 0 Å². The molecule has 0 fully saturated rings. The topological polar surface area (TPSA) is 61.7 Å². The number of carboxylic acid groups (broad SMARTS) is 1. The molecule has 0 saturated carbocycles. The van der Waals surface area contributed by atoms with Gasteiger partial charge in [-0.05, 0) is 6.42 Å². The average molecular weight is 195 g/mol. The fourth-order valence-electron chi connectivity index (χ4n) is 0.710. The summed E-state index contributed by atoms with van der Waals surface area (Å²) in [7, 11) is 0. The fourth-order valence-corrected chi connectivity index (χ4v) is 1.74. The third-order valence-corrected chi connectivity index (χ3v) is 2.78. The first-order chi connectivity index (χ1) is 5.10. The molecule has 4 nitrogen and oxygen atoms in total. The third kappa shape index (κ3) is 1.50. The maximum absolute atomic E-state index is 10.5. The van der Waals surface area contributed by atoms with E-state index in [0.717, 1.165) is 12.1 Å². The Morgan fingerprint density at radius 3 is 3.00 bits per heavy atom. The van der Waals surface area contributed by atoms with Crippen LogP contribution in [-0.4, -0.2) is 21.8 Å². The quantitative estimate of drug-likeness (QED) is 0.392. The van der Waals surface area contributed by atoms with E-state index in [4.69, 9.17) is 16.7 Å². The molecule has 2 N–H and O–H groups in total. The Hall–Kier alpha value is -0.260. The van der Waals surface area contributed by atoms with Crippen LogP contribution in [0.25, 0.3) is 0 Å². The molecule has 0 aromatic carbocycles. The van der Waals surface area contributed by atoms with Gasteiger partial charge >= 0.3 is 5.97 Å². The van der Waals surface area contributed by atoms with Gasteiger partial charge in [0.15, 0.2) is 10.7 Å². The molecule has 0 radical (unpaired) electrons. The molecule has 0 spiro atoms. The molecule has 0 saturated heterocycles. The van der Waals surface area contributed by atoms with Gasteiger partial charge in [-0.15, -0.1) is 0 Å². The summed E-state index contributed by atoms with van der Waals surface area (Å²) in [4.78, 5) is 9.52. The lowest BCUT2D eigenvalue weighted by Crippen LogP contribution is -2.42. The van der Waals surface area contributed by atoms with Crippen molar-refractivity contribution in [2.24, 2.45) is 4.40 Å². The molecule has 0 bridgehead atoms. The summed E-state index contributed by atoms with van der Waals surface area (Å²) in [5.74, 6) is -1.07. The van der Waals surface area contributed by atoms with Crippen LogP contribution in [-0.2, 0) is 4.79 Å². The second-order valence-corrected chi connectivity index (χ2v) is 3.31. The number of rotatable bonds is 2. The number of carboxylic acids is 1. The van der Waals surface area contributed by atoms with Gasteiger partial charge in [0, 0.05) is 0 Å². The van der Waals surface area contributed by atoms with Gasteiger partial charge in [0.05, 0.1) is 12.1 Å². The maximum Gasteiger partial charge on any atom is 0.354 e. The SMILES string of the molecule is CCC1(Cl)NSN=C1C(=O)O. The van der Waals surface area contributed by atoms with Gasteiger partial charge in [-0.2, -0.15) is 4.40 Å². The smallest absolute Gasteiger partial charge is 0.354 e. The number of hydrogen-bond donors (Lipinski definition) is 2. The highest BCUT2D eigenvalue weighted by atomic mass is 35.5. The highest BCUT2D eigenvalue weighted by molar-refractivity contribution is 7.96. The number of halogens is 1. The van der Waals surface area contributed by atoms with Crippen LogP contribution in [0.1, 0.15) is 13.3 Å². The summed E-state index contributed by atoms with van der Waals surface area (Å²) >= 11 is 6.84. The molecule has 0 aliphatic carbocycles. The van der Waals surface area contributed by atoms with Gasteiger partial charge in [-0.25, -0.2) is 9.52 Å². The number of nitrogens with zero attached hydrogens (tertiary/aromatic N) is 1. The first-order valence-corrected chi connectivity index (χ1v) is 4.19. The van der Waals surface area contributed by atoms with Crippen molar-refractivity contribution in [3.63, 3.8) is 0 Å². The maximum atomic E-state index is 10.5. The zero-order chi connectivity index (χ0) is 8.48. The van der Waals surface area contributed by atoms with Gasteiger partial charge in [0.25, 0.3) is 0 Å². The Bertz CT molecular complexity index is 221. The minimum atomic E-state index is -1.07. The monoisotopic (exact) mass is 194 g/mol. The molecule has 1 unspecified atom stereocenters. The van der Waals surface area contributed by atoms with Gasteiger partial charge in [-0.3, -0.25) is 0 Å². The van der Waals surface area contributed by atoms with Crippen molar-refractivity contribution in [3.05, 3.63) is 0 Å². The molecule has 11 heavy (non-hydrogen) atoms. The number of nitrogens with one attached hydrogen (secondary N) is 1. The highest BCUT2D eigenvalue weighted by Crippen LogP contribution is 2.28. The molecule has 1 rings (SSSR count). The predicted molar refractivity (Wildman–Crippen MR) is 44.7 cm³/mol. The van der Waals surface area contributed by atoms with Crippen molar-refractivity contribution < 1.29 is 9.90 Å². The van der Waals surface area contributed by atoms with Crippen molar-refractivity contribution in [3.8, 4) is 0 Å². The van der Waals surface area contributed by atoms with E-state index in [1.807, 2.05) is 0 Å².